The second kappa shape index (κ2) is 11.8. The average Bonchev–Trinajstić information content (AvgIpc) is 3.36. The maximum atomic E-state index is 9.09. The van der Waals surface area contributed by atoms with Crippen LogP contribution >= 0.6 is 0 Å². The van der Waals surface area contributed by atoms with E-state index in [0.717, 1.165) is 67.0 Å². The van der Waals surface area contributed by atoms with Crippen LogP contribution in [0.1, 0.15) is 67.9 Å². The van der Waals surface area contributed by atoms with Gasteiger partial charge in [0.2, 0.25) is 0 Å². The van der Waals surface area contributed by atoms with Crippen LogP contribution in [-0.2, 0) is 19.4 Å². The number of hydrogen-bond donors (Lipinski definition) is 0. The van der Waals surface area contributed by atoms with Gasteiger partial charge in [-0.25, -0.2) is 9.97 Å². The van der Waals surface area contributed by atoms with Gasteiger partial charge in [-0.3, -0.25) is 4.68 Å². The number of likely N-dealkylation sites (tertiary alicyclic amines) is 1. The van der Waals surface area contributed by atoms with Gasteiger partial charge in [-0.1, -0.05) is 38.6 Å². The van der Waals surface area contributed by atoms with Gasteiger partial charge in [0.1, 0.15) is 5.82 Å². The molecule has 0 bridgehead atoms. The number of nitriles is 1. The molecule has 6 nitrogen and oxygen atoms in total. The standard InChI is InChI=1S/C31H40N6/c1-7-25-15-28(29-18-33-37(20-29)19-21(2)17-32)9-8-27(25)14-22(3)23(4)30-16-31(35-24(5)34-30)26-10-12-36(6)13-11-26/h8-9,15-16,18,20-22,26H,4,7,10-14,19H2,1-3,5-6H3. The lowest BCUT2D eigenvalue weighted by molar-refractivity contribution is 0.253. The first-order valence-corrected chi connectivity index (χ1v) is 13.5. The lowest BCUT2D eigenvalue weighted by atomic mass is 9.87. The van der Waals surface area contributed by atoms with Crippen molar-refractivity contribution in [1.29, 1.82) is 5.26 Å². The van der Waals surface area contributed by atoms with Crippen molar-refractivity contribution in [3.8, 4) is 17.2 Å². The SMILES string of the molecule is C=C(c1cc(C2CCN(C)CC2)nc(C)n1)C(C)Cc1ccc(-c2cnn(CC(C)C#N)c2)cc1CC. The molecule has 1 aliphatic rings. The van der Waals surface area contributed by atoms with E-state index in [1.54, 1.807) is 0 Å². The molecule has 0 radical (unpaired) electrons. The summed E-state index contributed by atoms with van der Waals surface area (Å²) in [6, 6.07) is 11.2. The van der Waals surface area contributed by atoms with E-state index in [2.05, 4.69) is 67.8 Å². The molecule has 0 aliphatic carbocycles. The molecule has 37 heavy (non-hydrogen) atoms. The monoisotopic (exact) mass is 496 g/mol. The molecule has 4 rings (SSSR count). The summed E-state index contributed by atoms with van der Waals surface area (Å²) in [5, 5.41) is 13.5. The van der Waals surface area contributed by atoms with Gasteiger partial charge in [-0.15, -0.1) is 0 Å². The maximum Gasteiger partial charge on any atom is 0.126 e. The highest BCUT2D eigenvalue weighted by molar-refractivity contribution is 5.65. The molecule has 0 saturated carbocycles. The first-order valence-electron chi connectivity index (χ1n) is 13.5. The Balaban J connectivity index is 1.49. The van der Waals surface area contributed by atoms with Gasteiger partial charge in [-0.2, -0.15) is 10.4 Å². The average molecular weight is 497 g/mol. The number of hydrogen-bond acceptors (Lipinski definition) is 5. The minimum absolute atomic E-state index is 0.0602. The number of rotatable bonds is 9. The molecular weight excluding hydrogens is 456 g/mol. The van der Waals surface area contributed by atoms with Crippen molar-refractivity contribution in [1.82, 2.24) is 24.6 Å². The zero-order valence-corrected chi connectivity index (χ0v) is 23.0. The molecule has 0 spiro atoms. The molecule has 3 aromatic rings. The Hall–Kier alpha value is -3.30. The first kappa shape index (κ1) is 26.8. The Bertz CT molecular complexity index is 1280. The summed E-state index contributed by atoms with van der Waals surface area (Å²) in [5.74, 6) is 1.55. The third-order valence-electron chi connectivity index (χ3n) is 7.68. The van der Waals surface area contributed by atoms with Crippen LogP contribution in [0.2, 0.25) is 0 Å². The van der Waals surface area contributed by atoms with Crippen LogP contribution in [0, 0.1) is 30.1 Å². The Morgan fingerprint density at radius 2 is 1.89 bits per heavy atom. The van der Waals surface area contributed by atoms with Crippen LogP contribution in [0.3, 0.4) is 0 Å². The minimum atomic E-state index is -0.0602. The third kappa shape index (κ3) is 6.53. The highest BCUT2D eigenvalue weighted by atomic mass is 15.3. The molecular formula is C31H40N6. The van der Waals surface area contributed by atoms with Crippen molar-refractivity contribution in [3.05, 3.63) is 71.6 Å². The van der Waals surface area contributed by atoms with Crippen LogP contribution < -0.4 is 0 Å². The van der Waals surface area contributed by atoms with Gasteiger partial charge in [0.25, 0.3) is 0 Å². The van der Waals surface area contributed by atoms with Crippen molar-refractivity contribution < 1.29 is 0 Å². The van der Waals surface area contributed by atoms with Crippen molar-refractivity contribution in [2.24, 2.45) is 11.8 Å². The smallest absolute Gasteiger partial charge is 0.126 e. The summed E-state index contributed by atoms with van der Waals surface area (Å²) >= 11 is 0. The van der Waals surface area contributed by atoms with Gasteiger partial charge < -0.3 is 4.90 Å². The van der Waals surface area contributed by atoms with Gasteiger partial charge in [-0.05, 0) is 93.9 Å². The maximum absolute atomic E-state index is 9.09. The summed E-state index contributed by atoms with van der Waals surface area (Å²) in [6.07, 6.45) is 8.12. The van der Waals surface area contributed by atoms with E-state index < -0.39 is 0 Å². The highest BCUT2D eigenvalue weighted by Gasteiger charge is 2.22. The van der Waals surface area contributed by atoms with Crippen LogP contribution in [0.25, 0.3) is 16.7 Å². The van der Waals surface area contributed by atoms with E-state index in [9.17, 15) is 0 Å². The summed E-state index contributed by atoms with van der Waals surface area (Å²) in [5.41, 5.74) is 8.19. The second-order valence-electron chi connectivity index (χ2n) is 10.8. The molecule has 1 aliphatic heterocycles. The fourth-order valence-corrected chi connectivity index (χ4v) is 5.24. The lowest BCUT2D eigenvalue weighted by Crippen LogP contribution is -2.29. The molecule has 2 atom stereocenters. The van der Waals surface area contributed by atoms with E-state index in [1.165, 1.54) is 16.8 Å². The van der Waals surface area contributed by atoms with Crippen LogP contribution in [0.5, 0.6) is 0 Å². The topological polar surface area (TPSA) is 70.6 Å². The zero-order chi connectivity index (χ0) is 26.5. The summed E-state index contributed by atoms with van der Waals surface area (Å²) < 4.78 is 1.86. The third-order valence-corrected chi connectivity index (χ3v) is 7.68. The number of piperidine rings is 1. The second-order valence-corrected chi connectivity index (χ2v) is 10.8. The van der Waals surface area contributed by atoms with Gasteiger partial charge in [0, 0.05) is 23.4 Å². The number of benzene rings is 1. The van der Waals surface area contributed by atoms with E-state index in [4.69, 9.17) is 15.2 Å². The molecule has 0 amide bonds. The Kier molecular flexibility index (Phi) is 8.56. The Labute approximate surface area is 222 Å². The zero-order valence-electron chi connectivity index (χ0n) is 23.0. The lowest BCUT2D eigenvalue weighted by Gasteiger charge is -2.29. The Morgan fingerprint density at radius 3 is 2.59 bits per heavy atom. The van der Waals surface area contributed by atoms with Crippen molar-refractivity contribution in [2.75, 3.05) is 20.1 Å². The van der Waals surface area contributed by atoms with Crippen molar-refractivity contribution in [3.63, 3.8) is 0 Å². The number of aromatic nitrogens is 4. The van der Waals surface area contributed by atoms with E-state index in [-0.39, 0.29) is 11.8 Å². The van der Waals surface area contributed by atoms with Crippen LogP contribution in [-0.4, -0.2) is 44.8 Å². The number of aryl methyl sites for hydroxylation is 2. The van der Waals surface area contributed by atoms with E-state index in [0.29, 0.717) is 12.5 Å². The molecule has 1 aromatic carbocycles. The number of allylic oxidation sites excluding steroid dienone is 1. The summed E-state index contributed by atoms with van der Waals surface area (Å²) in [4.78, 5) is 12.0. The quantitative estimate of drug-likeness (QED) is 0.359. The number of nitrogens with zero attached hydrogens (tertiary/aromatic N) is 6. The Morgan fingerprint density at radius 1 is 1.14 bits per heavy atom. The largest absolute Gasteiger partial charge is 0.306 e. The molecule has 194 valence electrons. The summed E-state index contributed by atoms with van der Waals surface area (Å²) in [6.45, 7) is 15.7. The minimum Gasteiger partial charge on any atom is -0.306 e. The van der Waals surface area contributed by atoms with E-state index >= 15 is 0 Å². The predicted molar refractivity (Wildman–Crippen MR) is 150 cm³/mol. The first-order chi connectivity index (χ1) is 17.8. The summed E-state index contributed by atoms with van der Waals surface area (Å²) in [7, 11) is 2.19. The predicted octanol–water partition coefficient (Wildman–Crippen LogP) is 6.07. The van der Waals surface area contributed by atoms with Gasteiger partial charge >= 0.3 is 0 Å². The molecule has 2 unspecified atom stereocenters. The van der Waals surface area contributed by atoms with Gasteiger partial charge in [0.05, 0.1) is 30.4 Å². The molecule has 3 heterocycles. The molecule has 2 aromatic heterocycles. The van der Waals surface area contributed by atoms with Gasteiger partial charge in [0.15, 0.2) is 0 Å². The highest BCUT2D eigenvalue weighted by Crippen LogP contribution is 2.31. The van der Waals surface area contributed by atoms with Crippen molar-refractivity contribution in [2.45, 2.75) is 65.8 Å². The van der Waals surface area contributed by atoms with Crippen LogP contribution in [0.4, 0.5) is 0 Å². The molecule has 1 saturated heterocycles. The molecule has 6 heteroatoms. The van der Waals surface area contributed by atoms with Crippen LogP contribution in [0.15, 0.2) is 43.2 Å². The fourth-order valence-electron chi connectivity index (χ4n) is 5.24. The molecule has 0 N–H and O–H groups in total. The molecule has 1 fully saturated rings. The fraction of sp³-hybridized carbons (Fsp3) is 0.484. The normalized spacial score (nSPS) is 16.3. The van der Waals surface area contributed by atoms with E-state index in [1.807, 2.05) is 30.9 Å². The van der Waals surface area contributed by atoms with Crippen molar-refractivity contribution >= 4 is 5.57 Å².